The van der Waals surface area contributed by atoms with Crippen molar-refractivity contribution in [1.82, 2.24) is 0 Å². The molecule has 0 aromatic heterocycles. The molecule has 1 aliphatic heterocycles. The van der Waals surface area contributed by atoms with E-state index in [2.05, 4.69) is 6.92 Å². The molecule has 0 amide bonds. The first-order chi connectivity index (χ1) is 11.1. The molecule has 2 aliphatic rings. The van der Waals surface area contributed by atoms with Crippen molar-refractivity contribution < 1.29 is 18.3 Å². The molecule has 1 saturated carbocycles. The van der Waals surface area contributed by atoms with Gasteiger partial charge in [-0.25, -0.2) is 8.78 Å². The Morgan fingerprint density at radius 2 is 1.57 bits per heavy atom. The van der Waals surface area contributed by atoms with Gasteiger partial charge in [-0.3, -0.25) is 0 Å². The minimum atomic E-state index is -0.877. The fraction of sp³-hybridized carbons (Fsp3) is 0.611. The maximum atomic E-state index is 13.7. The second-order valence-corrected chi connectivity index (χ2v) is 6.75. The monoisotopic (exact) mass is 321 g/mol. The molecule has 1 aliphatic carbocycles. The Morgan fingerprint density at radius 3 is 2.09 bits per heavy atom. The van der Waals surface area contributed by atoms with Crippen molar-refractivity contribution in [2.24, 2.45) is 17.8 Å². The van der Waals surface area contributed by atoms with Gasteiger partial charge >= 0.3 is 0 Å². The normalized spacial score (nSPS) is 31.6. The number of nitrogens with zero attached hydrogens (tertiary/aromatic N) is 1. The van der Waals surface area contributed by atoms with Crippen LogP contribution < -0.4 is 0 Å². The van der Waals surface area contributed by atoms with Crippen LogP contribution in [0.15, 0.2) is 12.1 Å². The van der Waals surface area contributed by atoms with Gasteiger partial charge in [-0.1, -0.05) is 19.8 Å². The quantitative estimate of drug-likeness (QED) is 0.814. The Labute approximate surface area is 135 Å². The summed E-state index contributed by atoms with van der Waals surface area (Å²) in [5.74, 6) is 0.0126. The van der Waals surface area contributed by atoms with E-state index in [1.807, 2.05) is 0 Å². The summed E-state index contributed by atoms with van der Waals surface area (Å²) in [5, 5.41) is 8.71. The largest absolute Gasteiger partial charge is 0.348 e. The highest BCUT2D eigenvalue weighted by atomic mass is 19.1. The summed E-state index contributed by atoms with van der Waals surface area (Å²) in [4.78, 5) is 0. The van der Waals surface area contributed by atoms with Crippen LogP contribution in [-0.4, -0.2) is 13.2 Å². The molecule has 0 radical (unpaired) electrons. The fourth-order valence-electron chi connectivity index (χ4n) is 3.58. The summed E-state index contributed by atoms with van der Waals surface area (Å²) in [6.07, 6.45) is 4.13. The standard InChI is InChI=1S/C18H21F2NO2/c1-11-2-4-12(5-3-11)14-9-22-18(23-10-14)13-6-16(19)15(8-21)17(20)7-13/h6-7,11-12,14,18H,2-5,9-10H2,1H3/t11-,12-,14-,18-. The Hall–Kier alpha value is -1.51. The van der Waals surface area contributed by atoms with Gasteiger partial charge in [-0.2, -0.15) is 5.26 Å². The highest BCUT2D eigenvalue weighted by molar-refractivity contribution is 5.35. The van der Waals surface area contributed by atoms with Crippen LogP contribution in [0.3, 0.4) is 0 Å². The van der Waals surface area contributed by atoms with Crippen molar-refractivity contribution in [1.29, 1.82) is 5.26 Å². The smallest absolute Gasteiger partial charge is 0.184 e. The molecule has 1 heterocycles. The zero-order valence-electron chi connectivity index (χ0n) is 13.2. The molecule has 3 nitrogen and oxygen atoms in total. The van der Waals surface area contributed by atoms with E-state index in [-0.39, 0.29) is 5.56 Å². The van der Waals surface area contributed by atoms with Crippen molar-refractivity contribution in [3.8, 4) is 6.07 Å². The van der Waals surface area contributed by atoms with Gasteiger partial charge in [0.15, 0.2) is 6.29 Å². The van der Waals surface area contributed by atoms with E-state index in [9.17, 15) is 8.78 Å². The zero-order chi connectivity index (χ0) is 16.4. The van der Waals surface area contributed by atoms with E-state index in [4.69, 9.17) is 14.7 Å². The number of hydrogen-bond donors (Lipinski definition) is 0. The van der Waals surface area contributed by atoms with Gasteiger partial charge in [0.2, 0.25) is 0 Å². The molecule has 124 valence electrons. The van der Waals surface area contributed by atoms with Gasteiger partial charge in [0.1, 0.15) is 23.3 Å². The van der Waals surface area contributed by atoms with Crippen LogP contribution in [0.4, 0.5) is 8.78 Å². The zero-order valence-corrected chi connectivity index (χ0v) is 13.2. The maximum Gasteiger partial charge on any atom is 0.184 e. The lowest BCUT2D eigenvalue weighted by Gasteiger charge is -2.37. The summed E-state index contributed by atoms with van der Waals surface area (Å²) >= 11 is 0. The molecular weight excluding hydrogens is 300 g/mol. The van der Waals surface area contributed by atoms with E-state index in [1.165, 1.54) is 31.8 Å². The summed E-state index contributed by atoms with van der Waals surface area (Å²) in [6.45, 7) is 3.38. The molecule has 0 bridgehead atoms. The lowest BCUT2D eigenvalue weighted by Crippen LogP contribution is -2.34. The van der Waals surface area contributed by atoms with Crippen LogP contribution in [0.2, 0.25) is 0 Å². The number of ether oxygens (including phenoxy) is 2. The van der Waals surface area contributed by atoms with Gasteiger partial charge in [-0.05, 0) is 36.8 Å². The van der Waals surface area contributed by atoms with Gasteiger partial charge in [0.05, 0.1) is 13.2 Å². The molecule has 5 heteroatoms. The third kappa shape index (κ3) is 3.54. The van der Waals surface area contributed by atoms with Crippen molar-refractivity contribution in [2.75, 3.05) is 13.2 Å². The molecule has 0 spiro atoms. The minimum absolute atomic E-state index is 0.287. The molecule has 1 saturated heterocycles. The first-order valence-electron chi connectivity index (χ1n) is 8.20. The first-order valence-corrected chi connectivity index (χ1v) is 8.20. The highest BCUT2D eigenvalue weighted by Crippen LogP contribution is 2.37. The summed E-state index contributed by atoms with van der Waals surface area (Å²) in [5.41, 5.74) is -0.284. The van der Waals surface area contributed by atoms with Crippen LogP contribution in [-0.2, 0) is 9.47 Å². The van der Waals surface area contributed by atoms with E-state index in [1.54, 1.807) is 0 Å². The third-order valence-electron chi connectivity index (χ3n) is 5.10. The van der Waals surface area contributed by atoms with E-state index in [0.29, 0.717) is 25.0 Å². The Morgan fingerprint density at radius 1 is 1.00 bits per heavy atom. The SMILES string of the molecule is C[C@H]1CC[C@H]([C@H]2CO[C@H](c3cc(F)c(C#N)c(F)c3)OC2)CC1. The predicted octanol–water partition coefficient (Wildman–Crippen LogP) is 4.32. The number of hydrogen-bond acceptors (Lipinski definition) is 3. The average Bonchev–Trinajstić information content (AvgIpc) is 2.55. The molecule has 0 unspecified atom stereocenters. The van der Waals surface area contributed by atoms with E-state index < -0.39 is 23.5 Å². The van der Waals surface area contributed by atoms with Crippen LogP contribution in [0, 0.1) is 40.7 Å². The van der Waals surface area contributed by atoms with Crippen molar-refractivity contribution in [3.05, 3.63) is 34.9 Å². The summed E-state index contributed by atoms with van der Waals surface area (Å²) in [6, 6.07) is 3.76. The van der Waals surface area contributed by atoms with Gasteiger partial charge in [-0.15, -0.1) is 0 Å². The lowest BCUT2D eigenvalue weighted by molar-refractivity contribution is -0.214. The molecule has 3 rings (SSSR count). The summed E-state index contributed by atoms with van der Waals surface area (Å²) in [7, 11) is 0. The fourth-order valence-corrected chi connectivity index (χ4v) is 3.58. The number of nitriles is 1. The maximum absolute atomic E-state index is 13.7. The van der Waals surface area contributed by atoms with E-state index in [0.717, 1.165) is 18.1 Å². The number of rotatable bonds is 2. The van der Waals surface area contributed by atoms with E-state index >= 15 is 0 Å². The average molecular weight is 321 g/mol. The van der Waals surface area contributed by atoms with Crippen LogP contribution in [0.1, 0.15) is 50.0 Å². The lowest BCUT2D eigenvalue weighted by atomic mass is 9.76. The van der Waals surface area contributed by atoms with Gasteiger partial charge in [0, 0.05) is 11.5 Å². The first kappa shape index (κ1) is 16.4. The van der Waals surface area contributed by atoms with Crippen LogP contribution >= 0.6 is 0 Å². The molecular formula is C18H21F2NO2. The van der Waals surface area contributed by atoms with Crippen LogP contribution in [0.25, 0.3) is 0 Å². The second kappa shape index (κ2) is 6.94. The third-order valence-corrected chi connectivity index (χ3v) is 5.10. The summed E-state index contributed by atoms with van der Waals surface area (Å²) < 4.78 is 38.8. The predicted molar refractivity (Wildman–Crippen MR) is 80.3 cm³/mol. The second-order valence-electron chi connectivity index (χ2n) is 6.75. The van der Waals surface area contributed by atoms with Crippen molar-refractivity contribution in [2.45, 2.75) is 38.9 Å². The number of halogens is 2. The Balaban J connectivity index is 1.62. The van der Waals surface area contributed by atoms with Gasteiger partial charge in [0.25, 0.3) is 0 Å². The Kier molecular flexibility index (Phi) is 4.93. The van der Waals surface area contributed by atoms with Crippen LogP contribution in [0.5, 0.6) is 0 Å². The minimum Gasteiger partial charge on any atom is -0.348 e. The molecule has 1 aromatic rings. The molecule has 0 atom stereocenters. The van der Waals surface area contributed by atoms with Gasteiger partial charge < -0.3 is 9.47 Å². The molecule has 23 heavy (non-hydrogen) atoms. The molecule has 1 aromatic carbocycles. The molecule has 2 fully saturated rings. The van der Waals surface area contributed by atoms with Crippen molar-refractivity contribution in [3.63, 3.8) is 0 Å². The highest BCUT2D eigenvalue weighted by Gasteiger charge is 2.32. The Bertz CT molecular complexity index is 575. The molecule has 0 N–H and O–H groups in total. The topological polar surface area (TPSA) is 42.2 Å². The van der Waals surface area contributed by atoms with Crippen molar-refractivity contribution >= 4 is 0 Å². The number of benzene rings is 1.